The van der Waals surface area contributed by atoms with E-state index in [1.54, 1.807) is 11.3 Å². The maximum atomic E-state index is 11.3. The minimum absolute atomic E-state index is 0.00714. The molecule has 0 radical (unpaired) electrons. The van der Waals surface area contributed by atoms with Gasteiger partial charge in [-0.3, -0.25) is 4.79 Å². The molecule has 1 aromatic heterocycles. The zero-order valence-corrected chi connectivity index (χ0v) is 8.99. The number of carbonyl (C=O) groups excluding carboxylic acids is 1. The molecule has 1 atom stereocenters. The molecule has 4 heteroatoms. The van der Waals surface area contributed by atoms with Gasteiger partial charge in [0.05, 0.1) is 6.42 Å². The second-order valence-electron chi connectivity index (χ2n) is 2.84. The molecular weight excluding hydrogens is 206 g/mol. The highest BCUT2D eigenvalue weighted by molar-refractivity contribution is 7.10. The van der Waals surface area contributed by atoms with E-state index in [-0.39, 0.29) is 11.3 Å². The fourth-order valence-corrected chi connectivity index (χ4v) is 1.67. The van der Waals surface area contributed by atoms with E-state index in [2.05, 4.69) is 5.32 Å². The summed E-state index contributed by atoms with van der Waals surface area (Å²) in [6.45, 7) is 2.39. The Morgan fingerprint density at radius 2 is 2.54 bits per heavy atom. The molecular formula is C9H12ClNOS. The Morgan fingerprint density at radius 1 is 1.77 bits per heavy atom. The number of amides is 1. The molecule has 0 bridgehead atoms. The van der Waals surface area contributed by atoms with Crippen molar-refractivity contribution in [1.29, 1.82) is 0 Å². The Morgan fingerprint density at radius 3 is 3.08 bits per heavy atom. The monoisotopic (exact) mass is 217 g/mol. The van der Waals surface area contributed by atoms with Crippen LogP contribution in [0.2, 0.25) is 0 Å². The van der Waals surface area contributed by atoms with Crippen molar-refractivity contribution in [3.8, 4) is 0 Å². The van der Waals surface area contributed by atoms with Gasteiger partial charge >= 0.3 is 0 Å². The summed E-state index contributed by atoms with van der Waals surface area (Å²) in [5.74, 6) is 0.0370. The normalized spacial score (nSPS) is 12.5. The molecule has 1 N–H and O–H groups in total. The Hall–Kier alpha value is -0.540. The number of hydrogen-bond acceptors (Lipinski definition) is 2. The number of nitrogens with one attached hydrogen (secondary N) is 1. The second kappa shape index (κ2) is 5.25. The third-order valence-electron chi connectivity index (χ3n) is 1.50. The van der Waals surface area contributed by atoms with Crippen molar-refractivity contribution in [2.75, 3.05) is 6.54 Å². The lowest BCUT2D eigenvalue weighted by Crippen LogP contribution is -2.29. The number of halogens is 1. The average Bonchev–Trinajstić information content (AvgIpc) is 2.53. The predicted octanol–water partition coefficient (Wildman–Crippen LogP) is 2.03. The van der Waals surface area contributed by atoms with E-state index in [1.165, 1.54) is 0 Å². The van der Waals surface area contributed by atoms with E-state index in [0.29, 0.717) is 13.0 Å². The van der Waals surface area contributed by atoms with Crippen LogP contribution in [0.5, 0.6) is 0 Å². The van der Waals surface area contributed by atoms with Crippen LogP contribution in [0.25, 0.3) is 0 Å². The van der Waals surface area contributed by atoms with Gasteiger partial charge in [-0.1, -0.05) is 6.07 Å². The molecule has 0 aliphatic rings. The molecule has 2 nitrogen and oxygen atoms in total. The van der Waals surface area contributed by atoms with Crippen LogP contribution in [0.15, 0.2) is 17.5 Å². The van der Waals surface area contributed by atoms with Crippen molar-refractivity contribution in [3.05, 3.63) is 22.4 Å². The maximum Gasteiger partial charge on any atom is 0.225 e. The molecule has 1 aromatic rings. The Balaban J connectivity index is 2.26. The number of rotatable bonds is 4. The standard InChI is InChI=1S/C9H12ClNOS/c1-7(10)6-11-9(12)5-8-3-2-4-13-8/h2-4,7H,5-6H2,1H3,(H,11,12). The summed E-state index contributed by atoms with van der Waals surface area (Å²) >= 11 is 7.28. The fourth-order valence-electron chi connectivity index (χ4n) is 0.888. The lowest BCUT2D eigenvalue weighted by atomic mass is 10.3. The van der Waals surface area contributed by atoms with E-state index in [4.69, 9.17) is 11.6 Å². The largest absolute Gasteiger partial charge is 0.354 e. The molecule has 72 valence electrons. The van der Waals surface area contributed by atoms with Gasteiger partial charge in [0.1, 0.15) is 0 Å². The predicted molar refractivity (Wildman–Crippen MR) is 56.3 cm³/mol. The van der Waals surface area contributed by atoms with E-state index in [1.807, 2.05) is 24.4 Å². The SMILES string of the molecule is CC(Cl)CNC(=O)Cc1cccs1. The van der Waals surface area contributed by atoms with Crippen LogP contribution >= 0.6 is 22.9 Å². The first-order valence-electron chi connectivity index (χ1n) is 4.11. The lowest BCUT2D eigenvalue weighted by Gasteiger charge is -2.04. The molecule has 13 heavy (non-hydrogen) atoms. The van der Waals surface area contributed by atoms with Crippen LogP contribution in [-0.4, -0.2) is 17.8 Å². The van der Waals surface area contributed by atoms with Crippen LogP contribution in [0.3, 0.4) is 0 Å². The smallest absolute Gasteiger partial charge is 0.225 e. The highest BCUT2D eigenvalue weighted by Gasteiger charge is 2.04. The summed E-state index contributed by atoms with van der Waals surface area (Å²) in [6, 6.07) is 3.89. The molecule has 0 aliphatic heterocycles. The van der Waals surface area contributed by atoms with Crippen molar-refractivity contribution < 1.29 is 4.79 Å². The van der Waals surface area contributed by atoms with E-state index in [0.717, 1.165) is 4.88 Å². The fraction of sp³-hybridized carbons (Fsp3) is 0.444. The molecule has 1 heterocycles. The van der Waals surface area contributed by atoms with Gasteiger partial charge in [0.25, 0.3) is 0 Å². The van der Waals surface area contributed by atoms with Crippen molar-refractivity contribution in [3.63, 3.8) is 0 Å². The molecule has 1 unspecified atom stereocenters. The molecule has 0 saturated heterocycles. The maximum absolute atomic E-state index is 11.3. The zero-order chi connectivity index (χ0) is 9.68. The molecule has 0 spiro atoms. The number of thiophene rings is 1. The summed E-state index contributed by atoms with van der Waals surface area (Å²) in [4.78, 5) is 12.3. The van der Waals surface area contributed by atoms with Crippen LogP contribution in [0, 0.1) is 0 Å². The molecule has 1 rings (SSSR count). The average molecular weight is 218 g/mol. The number of hydrogen-bond donors (Lipinski definition) is 1. The van der Waals surface area contributed by atoms with Gasteiger partial charge in [-0.15, -0.1) is 22.9 Å². The van der Waals surface area contributed by atoms with Gasteiger partial charge in [-0.25, -0.2) is 0 Å². The minimum atomic E-state index is -0.00714. The van der Waals surface area contributed by atoms with Crippen LogP contribution in [0.1, 0.15) is 11.8 Å². The number of carbonyl (C=O) groups is 1. The van der Waals surface area contributed by atoms with Gasteiger partial charge in [0.2, 0.25) is 5.91 Å². The van der Waals surface area contributed by atoms with Crippen LogP contribution in [-0.2, 0) is 11.2 Å². The van der Waals surface area contributed by atoms with Gasteiger partial charge in [-0.05, 0) is 18.4 Å². The zero-order valence-electron chi connectivity index (χ0n) is 7.42. The Kier molecular flexibility index (Phi) is 4.25. The van der Waals surface area contributed by atoms with E-state index < -0.39 is 0 Å². The van der Waals surface area contributed by atoms with E-state index in [9.17, 15) is 4.79 Å². The summed E-state index contributed by atoms with van der Waals surface area (Å²) in [5.41, 5.74) is 0. The quantitative estimate of drug-likeness (QED) is 0.769. The van der Waals surface area contributed by atoms with Gasteiger partial charge in [0.15, 0.2) is 0 Å². The van der Waals surface area contributed by atoms with Crippen molar-refractivity contribution in [2.45, 2.75) is 18.7 Å². The van der Waals surface area contributed by atoms with Crippen molar-refractivity contribution >= 4 is 28.8 Å². The molecule has 0 aliphatic carbocycles. The third kappa shape index (κ3) is 4.29. The van der Waals surface area contributed by atoms with Gasteiger partial charge in [-0.2, -0.15) is 0 Å². The molecule has 1 amide bonds. The summed E-state index contributed by atoms with van der Waals surface area (Å²) in [5, 5.41) is 4.71. The Labute approximate surface area is 86.9 Å². The summed E-state index contributed by atoms with van der Waals surface area (Å²) < 4.78 is 0. The van der Waals surface area contributed by atoms with Crippen molar-refractivity contribution in [1.82, 2.24) is 5.32 Å². The van der Waals surface area contributed by atoms with Crippen LogP contribution in [0.4, 0.5) is 0 Å². The summed E-state index contributed by atoms with van der Waals surface area (Å²) in [7, 11) is 0. The van der Waals surface area contributed by atoms with E-state index >= 15 is 0 Å². The first-order chi connectivity index (χ1) is 6.18. The van der Waals surface area contributed by atoms with Gasteiger partial charge in [0, 0.05) is 16.8 Å². The number of alkyl halides is 1. The molecule has 0 aromatic carbocycles. The first kappa shape index (κ1) is 10.5. The highest BCUT2D eigenvalue weighted by Crippen LogP contribution is 2.08. The van der Waals surface area contributed by atoms with Gasteiger partial charge < -0.3 is 5.32 Å². The molecule has 0 saturated carbocycles. The molecule has 0 fully saturated rings. The van der Waals surface area contributed by atoms with Crippen LogP contribution < -0.4 is 5.32 Å². The van der Waals surface area contributed by atoms with Crippen molar-refractivity contribution in [2.24, 2.45) is 0 Å². The highest BCUT2D eigenvalue weighted by atomic mass is 35.5. The lowest BCUT2D eigenvalue weighted by molar-refractivity contribution is -0.120. The second-order valence-corrected chi connectivity index (χ2v) is 4.62. The first-order valence-corrected chi connectivity index (χ1v) is 5.43. The topological polar surface area (TPSA) is 29.1 Å². The Bertz CT molecular complexity index is 259. The third-order valence-corrected chi connectivity index (χ3v) is 2.53. The minimum Gasteiger partial charge on any atom is -0.354 e. The summed E-state index contributed by atoms with van der Waals surface area (Å²) in [6.07, 6.45) is 0.460.